The maximum absolute atomic E-state index is 11.5. The van der Waals surface area contributed by atoms with Gasteiger partial charge in [-0.15, -0.1) is 0 Å². The van der Waals surface area contributed by atoms with Gasteiger partial charge in [-0.1, -0.05) is 41.9 Å². The van der Waals surface area contributed by atoms with Crippen molar-refractivity contribution in [3.05, 3.63) is 64.7 Å². The van der Waals surface area contributed by atoms with Crippen molar-refractivity contribution in [1.29, 1.82) is 0 Å². The van der Waals surface area contributed by atoms with Crippen molar-refractivity contribution in [2.24, 2.45) is 4.99 Å². The Hall–Kier alpha value is -2.05. The molecule has 7 heteroatoms. The average Bonchev–Trinajstić information content (AvgIpc) is 2.61. The molecule has 0 atom stereocenters. The van der Waals surface area contributed by atoms with Crippen LogP contribution in [-0.2, 0) is 22.8 Å². The number of nitrogens with zero attached hydrogens (tertiary/aromatic N) is 1. The number of nitrogens with one attached hydrogen (secondary N) is 2. The predicted molar refractivity (Wildman–Crippen MR) is 108 cm³/mol. The van der Waals surface area contributed by atoms with Crippen molar-refractivity contribution >= 4 is 27.4 Å². The normalized spacial score (nSPS) is 12.0. The van der Waals surface area contributed by atoms with Gasteiger partial charge in [0, 0.05) is 24.4 Å². The molecule has 0 heterocycles. The van der Waals surface area contributed by atoms with Crippen molar-refractivity contribution in [3.63, 3.8) is 0 Å². The van der Waals surface area contributed by atoms with Gasteiger partial charge in [0.15, 0.2) is 15.8 Å². The highest BCUT2D eigenvalue weighted by Gasteiger charge is 2.06. The third kappa shape index (κ3) is 6.35. The first-order valence-electron chi connectivity index (χ1n) is 8.44. The van der Waals surface area contributed by atoms with E-state index in [4.69, 9.17) is 11.6 Å². The molecule has 2 rings (SSSR count). The molecule has 0 saturated heterocycles. The van der Waals surface area contributed by atoms with Crippen LogP contribution in [0.5, 0.6) is 0 Å². The summed E-state index contributed by atoms with van der Waals surface area (Å²) in [5, 5.41) is 7.25. The minimum atomic E-state index is -3.17. The average molecular weight is 394 g/mol. The second kappa shape index (κ2) is 9.59. The molecule has 0 bridgehead atoms. The molecule has 0 aliphatic carbocycles. The van der Waals surface area contributed by atoms with Gasteiger partial charge >= 0.3 is 0 Å². The molecular weight excluding hydrogens is 370 g/mol. The van der Waals surface area contributed by atoms with E-state index in [-0.39, 0.29) is 0 Å². The van der Waals surface area contributed by atoms with Gasteiger partial charge < -0.3 is 10.6 Å². The van der Waals surface area contributed by atoms with Gasteiger partial charge in [0.2, 0.25) is 0 Å². The summed E-state index contributed by atoms with van der Waals surface area (Å²) in [6.45, 7) is 3.94. The van der Waals surface area contributed by atoms with Gasteiger partial charge in [-0.2, -0.15) is 0 Å². The number of halogens is 1. The molecular formula is C19H24ClN3O2S. The maximum Gasteiger partial charge on any atom is 0.191 e. The summed E-state index contributed by atoms with van der Waals surface area (Å²) in [6, 6.07) is 14.6. The quantitative estimate of drug-likeness (QED) is 0.560. The van der Waals surface area contributed by atoms with Crippen LogP contribution >= 0.6 is 11.6 Å². The first kappa shape index (κ1) is 20.3. The number of rotatable bonds is 7. The Morgan fingerprint density at radius 1 is 1.08 bits per heavy atom. The van der Waals surface area contributed by atoms with Crippen LogP contribution in [-0.4, -0.2) is 33.7 Å². The molecule has 0 radical (unpaired) electrons. The minimum absolute atomic E-state index is 0.315. The van der Waals surface area contributed by atoms with Crippen molar-refractivity contribution in [2.45, 2.75) is 24.8 Å². The largest absolute Gasteiger partial charge is 0.357 e. The van der Waals surface area contributed by atoms with Gasteiger partial charge in [0.1, 0.15) is 0 Å². The number of hydrogen-bond donors (Lipinski definition) is 2. The van der Waals surface area contributed by atoms with Crippen LogP contribution in [0.4, 0.5) is 0 Å². The van der Waals surface area contributed by atoms with E-state index in [2.05, 4.69) is 15.6 Å². The lowest BCUT2D eigenvalue weighted by molar-refractivity contribution is 0.602. The Morgan fingerprint density at radius 3 is 2.38 bits per heavy atom. The molecule has 2 aromatic rings. The zero-order valence-corrected chi connectivity index (χ0v) is 16.6. The zero-order chi connectivity index (χ0) is 19.0. The number of benzene rings is 2. The topological polar surface area (TPSA) is 70.6 Å². The van der Waals surface area contributed by atoms with Crippen LogP contribution in [0.1, 0.15) is 18.1 Å². The number of hydrogen-bond acceptors (Lipinski definition) is 3. The summed E-state index contributed by atoms with van der Waals surface area (Å²) in [5.41, 5.74) is 2.04. The lowest BCUT2D eigenvalue weighted by Crippen LogP contribution is -2.38. The minimum Gasteiger partial charge on any atom is -0.357 e. The zero-order valence-electron chi connectivity index (χ0n) is 15.0. The van der Waals surface area contributed by atoms with Crippen molar-refractivity contribution < 1.29 is 8.42 Å². The van der Waals surface area contributed by atoms with E-state index in [1.54, 1.807) is 24.3 Å². The molecule has 2 N–H and O–H groups in total. The second-order valence-corrected chi connectivity index (χ2v) is 8.30. The van der Waals surface area contributed by atoms with Crippen LogP contribution in [0.25, 0.3) is 0 Å². The fraction of sp³-hybridized carbons (Fsp3) is 0.316. The Morgan fingerprint density at radius 2 is 1.77 bits per heavy atom. The van der Waals surface area contributed by atoms with Crippen LogP contribution in [0.15, 0.2) is 58.4 Å². The maximum atomic E-state index is 11.5. The monoisotopic (exact) mass is 393 g/mol. The third-order valence-electron chi connectivity index (χ3n) is 3.76. The molecule has 0 saturated carbocycles. The summed E-state index contributed by atoms with van der Waals surface area (Å²) < 4.78 is 23.0. The highest BCUT2D eigenvalue weighted by Crippen LogP contribution is 2.15. The summed E-state index contributed by atoms with van der Waals surface area (Å²) in [6.07, 6.45) is 2.00. The van der Waals surface area contributed by atoms with Gasteiger partial charge in [0.25, 0.3) is 0 Å². The van der Waals surface area contributed by atoms with E-state index in [0.29, 0.717) is 23.9 Å². The molecule has 0 unspecified atom stereocenters. The molecule has 0 fully saturated rings. The van der Waals surface area contributed by atoms with Crippen LogP contribution < -0.4 is 10.6 Å². The molecule has 0 spiro atoms. The Kier molecular flexibility index (Phi) is 7.48. The predicted octanol–water partition coefficient (Wildman–Crippen LogP) is 3.04. The SMILES string of the molecule is CCNC(=NCc1ccc(S(C)(=O)=O)cc1)NCCc1ccccc1Cl. The third-order valence-corrected chi connectivity index (χ3v) is 5.26. The Balaban J connectivity index is 1.94. The lowest BCUT2D eigenvalue weighted by Gasteiger charge is -2.12. The number of sulfone groups is 1. The number of aliphatic imine (C=N–C) groups is 1. The van der Waals surface area contributed by atoms with Crippen molar-refractivity contribution in [1.82, 2.24) is 10.6 Å². The van der Waals surface area contributed by atoms with E-state index in [1.807, 2.05) is 31.2 Å². The van der Waals surface area contributed by atoms with E-state index in [0.717, 1.165) is 29.1 Å². The molecule has 140 valence electrons. The summed E-state index contributed by atoms with van der Waals surface area (Å²) in [7, 11) is -3.17. The van der Waals surface area contributed by atoms with E-state index >= 15 is 0 Å². The Labute approximate surface area is 160 Å². The van der Waals surface area contributed by atoms with Gasteiger partial charge in [-0.3, -0.25) is 0 Å². The Bertz CT molecular complexity index is 849. The van der Waals surface area contributed by atoms with Crippen molar-refractivity contribution in [2.75, 3.05) is 19.3 Å². The van der Waals surface area contributed by atoms with Gasteiger partial charge in [-0.25, -0.2) is 13.4 Å². The molecule has 26 heavy (non-hydrogen) atoms. The molecule has 0 aliphatic heterocycles. The first-order valence-corrected chi connectivity index (χ1v) is 10.7. The highest BCUT2D eigenvalue weighted by atomic mass is 35.5. The van der Waals surface area contributed by atoms with E-state index in [9.17, 15) is 8.42 Å². The van der Waals surface area contributed by atoms with E-state index in [1.165, 1.54) is 6.26 Å². The summed E-state index contributed by atoms with van der Waals surface area (Å²) in [5.74, 6) is 0.715. The van der Waals surface area contributed by atoms with Crippen LogP contribution in [0, 0.1) is 0 Å². The molecule has 0 aromatic heterocycles. The van der Waals surface area contributed by atoms with E-state index < -0.39 is 9.84 Å². The fourth-order valence-electron chi connectivity index (χ4n) is 2.37. The summed E-state index contributed by atoms with van der Waals surface area (Å²) in [4.78, 5) is 4.86. The fourth-order valence-corrected chi connectivity index (χ4v) is 3.23. The van der Waals surface area contributed by atoms with Crippen LogP contribution in [0.3, 0.4) is 0 Å². The molecule has 0 amide bonds. The molecule has 0 aliphatic rings. The van der Waals surface area contributed by atoms with Gasteiger partial charge in [-0.05, 0) is 42.7 Å². The standard InChI is InChI=1S/C19H24ClN3O2S/c1-3-21-19(22-13-12-16-6-4-5-7-18(16)20)23-14-15-8-10-17(11-9-15)26(2,24)25/h4-11H,3,12-14H2,1-2H3,(H2,21,22,23). The number of guanidine groups is 1. The van der Waals surface area contributed by atoms with Crippen molar-refractivity contribution in [3.8, 4) is 0 Å². The van der Waals surface area contributed by atoms with Gasteiger partial charge in [0.05, 0.1) is 11.4 Å². The molecule has 2 aromatic carbocycles. The molecule has 5 nitrogen and oxygen atoms in total. The van der Waals surface area contributed by atoms with Crippen LogP contribution in [0.2, 0.25) is 5.02 Å². The summed E-state index contributed by atoms with van der Waals surface area (Å²) >= 11 is 6.17. The first-order chi connectivity index (χ1) is 12.4. The second-order valence-electron chi connectivity index (χ2n) is 5.88. The highest BCUT2D eigenvalue weighted by molar-refractivity contribution is 7.90. The smallest absolute Gasteiger partial charge is 0.191 e. The lowest BCUT2D eigenvalue weighted by atomic mass is 10.1.